The Balaban J connectivity index is 1.75. The first-order chi connectivity index (χ1) is 15.0. The first kappa shape index (κ1) is 19.1. The molecule has 0 saturated carbocycles. The van der Waals surface area contributed by atoms with E-state index >= 15 is 0 Å². The van der Waals surface area contributed by atoms with Crippen LogP contribution in [0.25, 0.3) is 16.7 Å². The fourth-order valence-corrected chi connectivity index (χ4v) is 3.97. The molecule has 0 saturated heterocycles. The van der Waals surface area contributed by atoms with Gasteiger partial charge in [0.2, 0.25) is 5.78 Å². The Bertz CT molecular complexity index is 1540. The lowest BCUT2D eigenvalue weighted by molar-refractivity contribution is 0.654. The van der Waals surface area contributed by atoms with Crippen molar-refractivity contribution in [1.82, 2.24) is 18.7 Å². The Morgan fingerprint density at radius 1 is 0.774 bits per heavy atom. The number of hydrogen-bond acceptors (Lipinski definition) is 3. The van der Waals surface area contributed by atoms with Gasteiger partial charge in [-0.15, -0.1) is 5.10 Å². The molecule has 0 N–H and O–H groups in total. The molecule has 0 fully saturated rings. The molecule has 0 amide bonds. The fourth-order valence-electron chi connectivity index (χ4n) is 3.97. The summed E-state index contributed by atoms with van der Waals surface area (Å²) in [5, 5.41) is 5.09. The summed E-state index contributed by atoms with van der Waals surface area (Å²) in [5.74, 6) is 0.349. The minimum Gasteiger partial charge on any atom is -0.272 e. The van der Waals surface area contributed by atoms with Crippen molar-refractivity contribution >= 4 is 16.7 Å². The minimum absolute atomic E-state index is 0.156. The third kappa shape index (κ3) is 3.36. The number of benzene rings is 3. The molecule has 154 valence electrons. The number of fused-ring (bicyclic) bond motifs is 3. The van der Waals surface area contributed by atoms with Gasteiger partial charge in [0.05, 0.1) is 24.0 Å². The molecule has 0 aliphatic carbocycles. The molecule has 5 aromatic rings. The number of aromatic nitrogens is 4. The van der Waals surface area contributed by atoms with E-state index in [1.807, 2.05) is 74.5 Å². The molecule has 5 rings (SSSR count). The highest BCUT2D eigenvalue weighted by Crippen LogP contribution is 2.13. The quantitative estimate of drug-likeness (QED) is 0.455. The third-order valence-corrected chi connectivity index (χ3v) is 5.56. The standard InChI is InChI=1S/C25H22N4O2/c1-17-10-12-19(13-11-17)15-27-23(30)21-8-3-4-9-22(21)29-24(27)26-28(25(29)31)16-20-7-5-6-18(2)14-20/h3-14H,15-16H2,1-2H3. The van der Waals surface area contributed by atoms with Crippen LogP contribution in [0.5, 0.6) is 0 Å². The van der Waals surface area contributed by atoms with Crippen molar-refractivity contribution in [3.05, 3.63) is 116 Å². The second-order valence-electron chi connectivity index (χ2n) is 7.96. The van der Waals surface area contributed by atoms with Gasteiger partial charge in [0.15, 0.2) is 0 Å². The van der Waals surface area contributed by atoms with Crippen molar-refractivity contribution in [1.29, 1.82) is 0 Å². The average Bonchev–Trinajstić information content (AvgIpc) is 3.08. The van der Waals surface area contributed by atoms with Crippen LogP contribution in [0.2, 0.25) is 0 Å². The van der Waals surface area contributed by atoms with Gasteiger partial charge in [-0.3, -0.25) is 9.36 Å². The van der Waals surface area contributed by atoms with Crippen LogP contribution in [-0.2, 0) is 13.1 Å². The van der Waals surface area contributed by atoms with Gasteiger partial charge in [0, 0.05) is 0 Å². The van der Waals surface area contributed by atoms with Gasteiger partial charge in [-0.2, -0.15) is 0 Å². The lowest BCUT2D eigenvalue weighted by Gasteiger charge is -2.10. The molecule has 31 heavy (non-hydrogen) atoms. The molecule has 0 unspecified atom stereocenters. The topological polar surface area (TPSA) is 61.3 Å². The molecule has 3 aromatic carbocycles. The predicted molar refractivity (Wildman–Crippen MR) is 122 cm³/mol. The number of rotatable bonds is 4. The van der Waals surface area contributed by atoms with Gasteiger partial charge in [-0.25, -0.2) is 13.9 Å². The van der Waals surface area contributed by atoms with Crippen LogP contribution in [0.1, 0.15) is 22.3 Å². The van der Waals surface area contributed by atoms with E-state index in [2.05, 4.69) is 5.10 Å². The second-order valence-corrected chi connectivity index (χ2v) is 7.96. The molecular formula is C25H22N4O2. The highest BCUT2D eigenvalue weighted by atomic mass is 16.2. The van der Waals surface area contributed by atoms with Crippen molar-refractivity contribution in [3.8, 4) is 0 Å². The van der Waals surface area contributed by atoms with E-state index in [0.717, 1.165) is 22.3 Å². The van der Waals surface area contributed by atoms with Gasteiger partial charge >= 0.3 is 5.69 Å². The number of nitrogens with zero attached hydrogens (tertiary/aromatic N) is 4. The minimum atomic E-state index is -0.259. The van der Waals surface area contributed by atoms with E-state index in [4.69, 9.17) is 0 Å². The summed E-state index contributed by atoms with van der Waals surface area (Å²) >= 11 is 0. The number of para-hydroxylation sites is 1. The third-order valence-electron chi connectivity index (χ3n) is 5.56. The van der Waals surface area contributed by atoms with Crippen LogP contribution in [0.15, 0.2) is 82.4 Å². The lowest BCUT2D eigenvalue weighted by atomic mass is 10.1. The summed E-state index contributed by atoms with van der Waals surface area (Å²) in [6.07, 6.45) is 0. The monoisotopic (exact) mass is 410 g/mol. The predicted octanol–water partition coefficient (Wildman–Crippen LogP) is 3.52. The van der Waals surface area contributed by atoms with E-state index in [9.17, 15) is 9.59 Å². The maximum absolute atomic E-state index is 13.3. The molecule has 0 radical (unpaired) electrons. The Morgan fingerprint density at radius 2 is 1.55 bits per heavy atom. The van der Waals surface area contributed by atoms with Crippen molar-refractivity contribution in [2.45, 2.75) is 26.9 Å². The summed E-state index contributed by atoms with van der Waals surface area (Å²) < 4.78 is 4.56. The van der Waals surface area contributed by atoms with E-state index in [-0.39, 0.29) is 11.2 Å². The smallest absolute Gasteiger partial charge is 0.272 e. The van der Waals surface area contributed by atoms with Crippen LogP contribution < -0.4 is 11.2 Å². The summed E-state index contributed by atoms with van der Waals surface area (Å²) in [4.78, 5) is 26.7. The first-order valence-electron chi connectivity index (χ1n) is 10.2. The Labute approximate surface area is 178 Å². The zero-order valence-electron chi connectivity index (χ0n) is 17.4. The van der Waals surface area contributed by atoms with Crippen molar-refractivity contribution in [2.24, 2.45) is 0 Å². The normalized spacial score (nSPS) is 11.4. The highest BCUT2D eigenvalue weighted by molar-refractivity contribution is 5.80. The van der Waals surface area contributed by atoms with Crippen LogP contribution in [0, 0.1) is 13.8 Å². The summed E-state index contributed by atoms with van der Waals surface area (Å²) in [7, 11) is 0. The maximum Gasteiger partial charge on any atom is 0.352 e. The van der Waals surface area contributed by atoms with Crippen LogP contribution >= 0.6 is 0 Å². The van der Waals surface area contributed by atoms with Gasteiger partial charge < -0.3 is 0 Å². The number of hydrogen-bond donors (Lipinski definition) is 0. The first-order valence-corrected chi connectivity index (χ1v) is 10.2. The highest BCUT2D eigenvalue weighted by Gasteiger charge is 2.17. The number of aryl methyl sites for hydroxylation is 2. The van der Waals surface area contributed by atoms with Gasteiger partial charge in [-0.05, 0) is 37.1 Å². The largest absolute Gasteiger partial charge is 0.352 e. The molecular weight excluding hydrogens is 388 g/mol. The van der Waals surface area contributed by atoms with Crippen molar-refractivity contribution in [3.63, 3.8) is 0 Å². The van der Waals surface area contributed by atoms with Crippen molar-refractivity contribution < 1.29 is 0 Å². The van der Waals surface area contributed by atoms with E-state index in [1.165, 1.54) is 4.68 Å². The molecule has 2 aromatic heterocycles. The van der Waals surface area contributed by atoms with Gasteiger partial charge in [-0.1, -0.05) is 71.8 Å². The average molecular weight is 410 g/mol. The fraction of sp³-hybridized carbons (Fsp3) is 0.160. The van der Waals surface area contributed by atoms with E-state index < -0.39 is 0 Å². The Kier molecular flexibility index (Phi) is 4.55. The van der Waals surface area contributed by atoms with Gasteiger partial charge in [0.25, 0.3) is 5.56 Å². The van der Waals surface area contributed by atoms with Gasteiger partial charge in [0.1, 0.15) is 0 Å². The summed E-state index contributed by atoms with van der Waals surface area (Å²) in [6.45, 7) is 4.73. The molecule has 0 bridgehead atoms. The molecule has 0 spiro atoms. The summed E-state index contributed by atoms with van der Waals surface area (Å²) in [5.41, 5.74) is 4.40. The Morgan fingerprint density at radius 3 is 2.32 bits per heavy atom. The van der Waals surface area contributed by atoms with Crippen molar-refractivity contribution in [2.75, 3.05) is 0 Å². The lowest BCUT2D eigenvalue weighted by Crippen LogP contribution is -2.27. The zero-order valence-corrected chi connectivity index (χ0v) is 17.4. The van der Waals surface area contributed by atoms with E-state index in [1.54, 1.807) is 21.1 Å². The molecule has 0 aliphatic heterocycles. The Hall–Kier alpha value is -3.93. The van der Waals surface area contributed by atoms with Crippen LogP contribution in [0.4, 0.5) is 0 Å². The SMILES string of the molecule is Cc1ccc(Cn2c(=O)c3ccccc3n3c(=O)n(Cc4cccc(C)c4)nc23)cc1. The van der Waals surface area contributed by atoms with Crippen LogP contribution in [0.3, 0.4) is 0 Å². The maximum atomic E-state index is 13.3. The molecule has 0 atom stereocenters. The zero-order chi connectivity index (χ0) is 21.5. The van der Waals surface area contributed by atoms with E-state index in [0.29, 0.717) is 29.8 Å². The molecule has 6 nitrogen and oxygen atoms in total. The second kappa shape index (κ2) is 7.40. The molecule has 0 aliphatic rings. The molecule has 6 heteroatoms. The molecule has 2 heterocycles. The van der Waals surface area contributed by atoms with Crippen LogP contribution in [-0.4, -0.2) is 18.7 Å². The summed E-state index contributed by atoms with van der Waals surface area (Å²) in [6, 6.07) is 23.2.